The van der Waals surface area contributed by atoms with Gasteiger partial charge in [-0.2, -0.15) is 0 Å². The van der Waals surface area contributed by atoms with Crippen LogP contribution >= 0.6 is 34.7 Å². The molecule has 114 valence electrons. The Bertz CT molecular complexity index is 855. The van der Waals surface area contributed by atoms with Crippen molar-refractivity contribution in [3.05, 3.63) is 81.5 Å². The number of thiophene rings is 1. The highest BCUT2D eigenvalue weighted by molar-refractivity contribution is 7.99. The normalized spacial score (nSPS) is 17.3. The predicted octanol–water partition coefficient (Wildman–Crippen LogP) is 6.76. The molecule has 0 spiro atoms. The van der Waals surface area contributed by atoms with Gasteiger partial charge in [0.2, 0.25) is 0 Å². The molecule has 0 saturated carbocycles. The summed E-state index contributed by atoms with van der Waals surface area (Å²) in [6.07, 6.45) is 0.879. The van der Waals surface area contributed by atoms with Gasteiger partial charge in [0.1, 0.15) is 0 Å². The molecule has 2 heterocycles. The van der Waals surface area contributed by atoms with E-state index in [9.17, 15) is 0 Å². The number of hydrogen-bond acceptors (Lipinski definition) is 3. The van der Waals surface area contributed by atoms with E-state index >= 15 is 0 Å². The average Bonchev–Trinajstić information content (AvgIpc) is 3.03. The van der Waals surface area contributed by atoms with Gasteiger partial charge >= 0.3 is 0 Å². The largest absolute Gasteiger partial charge is 0.251 e. The number of rotatable bonds is 2. The first-order valence-corrected chi connectivity index (χ1v) is 9.56. The van der Waals surface area contributed by atoms with E-state index in [1.54, 1.807) is 11.3 Å². The van der Waals surface area contributed by atoms with Gasteiger partial charge in [0.15, 0.2) is 0 Å². The van der Waals surface area contributed by atoms with Gasteiger partial charge < -0.3 is 0 Å². The first-order valence-electron chi connectivity index (χ1n) is 7.43. The maximum atomic E-state index is 6.46. The molecule has 0 amide bonds. The minimum atomic E-state index is 0.271. The van der Waals surface area contributed by atoms with Gasteiger partial charge in [-0.1, -0.05) is 48.0 Å². The first-order chi connectivity index (χ1) is 11.3. The van der Waals surface area contributed by atoms with Crippen LogP contribution in [0, 0.1) is 0 Å². The van der Waals surface area contributed by atoms with Crippen molar-refractivity contribution in [3.8, 4) is 0 Å². The number of hydrogen-bond donors (Lipinski definition) is 0. The Labute approximate surface area is 149 Å². The molecule has 0 fully saturated rings. The number of thioether (sulfide) groups is 1. The fraction of sp³-hybridized carbons (Fsp3) is 0.105. The third-order valence-corrected chi connectivity index (χ3v) is 6.39. The summed E-state index contributed by atoms with van der Waals surface area (Å²) in [5, 5.41) is 3.20. The number of aliphatic imine (C=N–C) groups is 1. The summed E-state index contributed by atoms with van der Waals surface area (Å²) in [5.74, 6) is 0. The van der Waals surface area contributed by atoms with Gasteiger partial charge in [0.25, 0.3) is 0 Å². The van der Waals surface area contributed by atoms with Crippen molar-refractivity contribution in [2.24, 2.45) is 4.99 Å². The van der Waals surface area contributed by atoms with E-state index < -0.39 is 0 Å². The molecule has 3 aromatic rings. The summed E-state index contributed by atoms with van der Waals surface area (Å²) in [6, 6.07) is 20.7. The average molecular weight is 356 g/mol. The van der Waals surface area contributed by atoms with Crippen LogP contribution in [0.25, 0.3) is 0 Å². The van der Waals surface area contributed by atoms with E-state index in [0.29, 0.717) is 0 Å². The zero-order valence-corrected chi connectivity index (χ0v) is 14.7. The Morgan fingerprint density at radius 3 is 2.61 bits per heavy atom. The van der Waals surface area contributed by atoms with Gasteiger partial charge in [-0.25, -0.2) is 0 Å². The second-order valence-electron chi connectivity index (χ2n) is 5.34. The Balaban J connectivity index is 1.82. The van der Waals surface area contributed by atoms with Gasteiger partial charge in [0, 0.05) is 26.5 Å². The lowest BCUT2D eigenvalue weighted by molar-refractivity contribution is 1.01. The smallest absolute Gasteiger partial charge is 0.0769 e. The number of benzene rings is 2. The fourth-order valence-electron chi connectivity index (χ4n) is 2.72. The van der Waals surface area contributed by atoms with Crippen molar-refractivity contribution in [2.45, 2.75) is 16.6 Å². The molecular formula is C19H14ClNS2. The highest BCUT2D eigenvalue weighted by atomic mass is 35.5. The topological polar surface area (TPSA) is 12.4 Å². The molecule has 1 aromatic heterocycles. The zero-order valence-electron chi connectivity index (χ0n) is 12.3. The molecule has 2 aromatic carbocycles. The second kappa shape index (κ2) is 6.52. The van der Waals surface area contributed by atoms with Gasteiger partial charge in [-0.3, -0.25) is 4.99 Å². The molecule has 1 unspecified atom stereocenters. The standard InChI is InChI=1S/C19H14ClNS2/c20-14-7-2-1-6-13(14)19-12-16(17-10-5-11-22-17)21-15-8-3-4-9-18(15)23-19/h1-11,19H,12H2. The molecule has 4 rings (SSSR count). The van der Waals surface area contributed by atoms with Crippen molar-refractivity contribution in [3.63, 3.8) is 0 Å². The van der Waals surface area contributed by atoms with Crippen LogP contribution in [0.3, 0.4) is 0 Å². The maximum absolute atomic E-state index is 6.46. The summed E-state index contributed by atoms with van der Waals surface area (Å²) in [5.41, 5.74) is 3.37. The molecule has 1 aliphatic heterocycles. The Morgan fingerprint density at radius 1 is 0.957 bits per heavy atom. The van der Waals surface area contributed by atoms with E-state index in [1.807, 2.05) is 30.0 Å². The predicted molar refractivity (Wildman–Crippen MR) is 102 cm³/mol. The Morgan fingerprint density at radius 2 is 1.78 bits per heavy atom. The molecule has 0 N–H and O–H groups in total. The van der Waals surface area contributed by atoms with Crippen molar-refractivity contribution in [1.82, 2.24) is 0 Å². The fourth-order valence-corrected chi connectivity index (χ4v) is 5.05. The summed E-state index contributed by atoms with van der Waals surface area (Å²) in [4.78, 5) is 7.40. The van der Waals surface area contributed by atoms with Crippen molar-refractivity contribution in [1.29, 1.82) is 0 Å². The summed E-state index contributed by atoms with van der Waals surface area (Å²) < 4.78 is 0. The van der Waals surface area contributed by atoms with E-state index in [4.69, 9.17) is 16.6 Å². The lowest BCUT2D eigenvalue weighted by Gasteiger charge is -2.17. The number of para-hydroxylation sites is 1. The van der Waals surface area contributed by atoms with Crippen molar-refractivity contribution < 1.29 is 0 Å². The molecule has 0 saturated heterocycles. The van der Waals surface area contributed by atoms with Crippen LogP contribution < -0.4 is 0 Å². The van der Waals surface area contributed by atoms with E-state index in [-0.39, 0.29) is 5.25 Å². The van der Waals surface area contributed by atoms with Crippen molar-refractivity contribution >= 4 is 46.1 Å². The Hall–Kier alpha value is -1.55. The van der Waals surface area contributed by atoms with Crippen LogP contribution in [0.1, 0.15) is 22.1 Å². The van der Waals surface area contributed by atoms with Crippen LogP contribution in [0.5, 0.6) is 0 Å². The lowest BCUT2D eigenvalue weighted by atomic mass is 10.1. The molecule has 23 heavy (non-hydrogen) atoms. The van der Waals surface area contributed by atoms with Crippen LogP contribution in [0.2, 0.25) is 5.02 Å². The minimum absolute atomic E-state index is 0.271. The molecular weight excluding hydrogens is 342 g/mol. The molecule has 4 heteroatoms. The number of halogens is 1. The molecule has 1 atom stereocenters. The maximum Gasteiger partial charge on any atom is 0.0769 e. The summed E-state index contributed by atoms with van der Waals surface area (Å²) in [7, 11) is 0. The second-order valence-corrected chi connectivity index (χ2v) is 7.94. The first kappa shape index (κ1) is 15.0. The van der Waals surface area contributed by atoms with E-state index in [2.05, 4.69) is 47.8 Å². The number of nitrogens with zero attached hydrogens (tertiary/aromatic N) is 1. The van der Waals surface area contributed by atoms with Crippen LogP contribution in [0.4, 0.5) is 5.69 Å². The monoisotopic (exact) mass is 355 g/mol. The SMILES string of the molecule is Clc1ccccc1C1CC(c2cccs2)=Nc2ccccc2S1. The number of fused-ring (bicyclic) bond motifs is 1. The Kier molecular flexibility index (Phi) is 4.25. The molecule has 0 aliphatic carbocycles. The van der Waals surface area contributed by atoms with Gasteiger partial charge in [0.05, 0.1) is 11.4 Å². The van der Waals surface area contributed by atoms with Crippen LogP contribution in [-0.2, 0) is 0 Å². The van der Waals surface area contributed by atoms with Gasteiger partial charge in [-0.05, 0) is 35.2 Å². The summed E-state index contributed by atoms with van der Waals surface area (Å²) >= 11 is 10.1. The van der Waals surface area contributed by atoms with Crippen LogP contribution in [-0.4, -0.2) is 5.71 Å². The van der Waals surface area contributed by atoms with Gasteiger partial charge in [-0.15, -0.1) is 23.1 Å². The van der Waals surface area contributed by atoms with Crippen molar-refractivity contribution in [2.75, 3.05) is 0 Å². The molecule has 1 nitrogen and oxygen atoms in total. The molecule has 0 radical (unpaired) electrons. The zero-order chi connectivity index (χ0) is 15.6. The van der Waals surface area contributed by atoms with E-state index in [1.165, 1.54) is 15.3 Å². The molecule has 1 aliphatic rings. The van der Waals surface area contributed by atoms with E-state index in [0.717, 1.165) is 22.8 Å². The lowest BCUT2D eigenvalue weighted by Crippen LogP contribution is -2.04. The third-order valence-electron chi connectivity index (χ3n) is 3.83. The van der Waals surface area contributed by atoms with Crippen LogP contribution in [0.15, 0.2) is 75.9 Å². The highest BCUT2D eigenvalue weighted by Gasteiger charge is 2.24. The quantitative estimate of drug-likeness (QED) is 0.494. The highest BCUT2D eigenvalue weighted by Crippen LogP contribution is 2.47. The minimum Gasteiger partial charge on any atom is -0.251 e. The molecule has 0 bridgehead atoms. The third kappa shape index (κ3) is 3.09. The summed E-state index contributed by atoms with van der Waals surface area (Å²) in [6.45, 7) is 0.